The minimum atomic E-state index is -1.17. The molecule has 0 aliphatic carbocycles. The average Bonchev–Trinajstić information content (AvgIpc) is 2.87. The molecule has 6 nitrogen and oxygen atoms in total. The average molecular weight is 308 g/mol. The van der Waals surface area contributed by atoms with E-state index in [1.54, 1.807) is 24.3 Å². The monoisotopic (exact) mass is 307 g/mol. The third-order valence-corrected chi connectivity index (χ3v) is 3.13. The molecule has 2 rings (SSSR count). The molecule has 0 saturated heterocycles. The van der Waals surface area contributed by atoms with E-state index in [4.69, 9.17) is 21.9 Å². The Bertz CT molecular complexity index is 694. The van der Waals surface area contributed by atoms with Crippen molar-refractivity contribution < 1.29 is 14.1 Å². The van der Waals surface area contributed by atoms with Gasteiger partial charge in [-0.05, 0) is 26.0 Å². The second-order valence-corrected chi connectivity index (χ2v) is 5.47. The Hall–Kier alpha value is -2.34. The number of carbonyl (C=O) groups is 2. The number of nitrogens with one attached hydrogen (secondary N) is 1. The Kier molecular flexibility index (Phi) is 3.99. The van der Waals surface area contributed by atoms with Gasteiger partial charge in [-0.25, -0.2) is 0 Å². The number of carbonyl (C=O) groups excluding carboxylic acids is 2. The lowest BCUT2D eigenvalue weighted by Gasteiger charge is -2.21. The summed E-state index contributed by atoms with van der Waals surface area (Å²) in [5, 5.41) is 6.72. The van der Waals surface area contributed by atoms with Crippen LogP contribution >= 0.6 is 11.6 Å². The van der Waals surface area contributed by atoms with Crippen LogP contribution in [0.5, 0.6) is 0 Å². The van der Waals surface area contributed by atoms with Gasteiger partial charge in [0.1, 0.15) is 5.54 Å². The summed E-state index contributed by atoms with van der Waals surface area (Å²) in [7, 11) is 0. The zero-order valence-electron chi connectivity index (χ0n) is 11.5. The second-order valence-electron chi connectivity index (χ2n) is 5.03. The summed E-state index contributed by atoms with van der Waals surface area (Å²) in [4.78, 5) is 23.2. The van der Waals surface area contributed by atoms with Crippen molar-refractivity contribution in [1.29, 1.82) is 0 Å². The molecule has 7 heteroatoms. The summed E-state index contributed by atoms with van der Waals surface area (Å²) >= 11 is 5.89. The quantitative estimate of drug-likeness (QED) is 0.902. The molecule has 0 aliphatic heterocycles. The molecule has 0 radical (unpaired) electrons. The van der Waals surface area contributed by atoms with Crippen LogP contribution in [0.25, 0.3) is 11.3 Å². The molecule has 0 unspecified atom stereocenters. The highest BCUT2D eigenvalue weighted by Crippen LogP contribution is 2.23. The Balaban J connectivity index is 2.20. The molecule has 0 fully saturated rings. The van der Waals surface area contributed by atoms with Crippen molar-refractivity contribution in [3.05, 3.63) is 41.0 Å². The van der Waals surface area contributed by atoms with Gasteiger partial charge in [0.05, 0.1) is 0 Å². The third-order valence-electron chi connectivity index (χ3n) is 2.89. The molecule has 1 heterocycles. The highest BCUT2D eigenvalue weighted by Gasteiger charge is 2.28. The maximum Gasteiger partial charge on any atom is 0.274 e. The highest BCUT2D eigenvalue weighted by molar-refractivity contribution is 6.30. The number of hydrogen-bond donors (Lipinski definition) is 2. The van der Waals surface area contributed by atoms with Crippen molar-refractivity contribution >= 4 is 23.4 Å². The van der Waals surface area contributed by atoms with E-state index in [1.165, 1.54) is 19.9 Å². The smallest absolute Gasteiger partial charge is 0.274 e. The SMILES string of the molecule is CC(C)(NC(=O)c1cc(-c2cccc(Cl)c2)on1)C(N)=O. The summed E-state index contributed by atoms with van der Waals surface area (Å²) in [5.74, 6) is -0.787. The summed E-state index contributed by atoms with van der Waals surface area (Å²) in [6.45, 7) is 3.01. The standard InChI is InChI=1S/C14H14ClN3O3/c1-14(2,13(16)20)17-12(19)10-7-11(21-18-10)8-4-3-5-9(15)6-8/h3-7H,1-2H3,(H2,16,20)(H,17,19). The van der Waals surface area contributed by atoms with Crippen molar-refractivity contribution in [2.75, 3.05) is 0 Å². The first-order valence-electron chi connectivity index (χ1n) is 6.14. The number of nitrogens with two attached hydrogens (primary N) is 1. The Labute approximate surface area is 126 Å². The molecule has 2 amide bonds. The number of nitrogens with zero attached hydrogens (tertiary/aromatic N) is 1. The molecule has 0 atom stereocenters. The minimum Gasteiger partial charge on any atom is -0.368 e. The van der Waals surface area contributed by atoms with Crippen molar-refractivity contribution in [2.45, 2.75) is 19.4 Å². The van der Waals surface area contributed by atoms with Gasteiger partial charge >= 0.3 is 0 Å². The van der Waals surface area contributed by atoms with Crippen LogP contribution in [-0.4, -0.2) is 22.5 Å². The van der Waals surface area contributed by atoms with Crippen LogP contribution < -0.4 is 11.1 Å². The van der Waals surface area contributed by atoms with Gasteiger partial charge in [-0.1, -0.05) is 28.9 Å². The minimum absolute atomic E-state index is 0.0549. The number of primary amides is 1. The van der Waals surface area contributed by atoms with E-state index in [-0.39, 0.29) is 5.69 Å². The maximum atomic E-state index is 12.0. The summed E-state index contributed by atoms with van der Waals surface area (Å²) in [6, 6.07) is 8.43. The van der Waals surface area contributed by atoms with E-state index in [2.05, 4.69) is 10.5 Å². The Morgan fingerprint density at radius 1 is 1.33 bits per heavy atom. The molecule has 0 saturated carbocycles. The van der Waals surface area contributed by atoms with Crippen LogP contribution in [0, 0.1) is 0 Å². The molecule has 3 N–H and O–H groups in total. The lowest BCUT2D eigenvalue weighted by atomic mass is 10.0. The van der Waals surface area contributed by atoms with Gasteiger partial charge in [0.2, 0.25) is 5.91 Å². The molecule has 0 bridgehead atoms. The molecule has 1 aromatic heterocycles. The fraction of sp³-hybridized carbons (Fsp3) is 0.214. The second kappa shape index (κ2) is 5.57. The first-order chi connectivity index (χ1) is 9.79. The van der Waals surface area contributed by atoms with Gasteiger partial charge in [-0.15, -0.1) is 0 Å². The maximum absolute atomic E-state index is 12.0. The van der Waals surface area contributed by atoms with Gasteiger partial charge in [-0.2, -0.15) is 0 Å². The van der Waals surface area contributed by atoms with Crippen LogP contribution in [0.3, 0.4) is 0 Å². The first-order valence-corrected chi connectivity index (χ1v) is 6.52. The molecule has 2 aromatic rings. The fourth-order valence-electron chi connectivity index (χ4n) is 1.57. The first kappa shape index (κ1) is 15.1. The van der Waals surface area contributed by atoms with Crippen molar-refractivity contribution in [3.8, 4) is 11.3 Å². The summed E-state index contributed by atoms with van der Waals surface area (Å²) in [6.07, 6.45) is 0. The van der Waals surface area contributed by atoms with E-state index in [0.29, 0.717) is 16.3 Å². The fourth-order valence-corrected chi connectivity index (χ4v) is 1.76. The van der Waals surface area contributed by atoms with Crippen LogP contribution in [0.4, 0.5) is 0 Å². The number of aromatic nitrogens is 1. The highest BCUT2D eigenvalue weighted by atomic mass is 35.5. The molecule has 0 spiro atoms. The van der Waals surface area contributed by atoms with E-state index in [9.17, 15) is 9.59 Å². The van der Waals surface area contributed by atoms with Crippen molar-refractivity contribution in [2.24, 2.45) is 5.73 Å². The van der Waals surface area contributed by atoms with Gasteiger partial charge in [0, 0.05) is 16.7 Å². The third kappa shape index (κ3) is 3.41. The van der Waals surface area contributed by atoms with Crippen LogP contribution in [0.1, 0.15) is 24.3 Å². The zero-order valence-corrected chi connectivity index (χ0v) is 12.3. The molecule has 110 valence electrons. The van der Waals surface area contributed by atoms with Gasteiger partial charge in [-0.3, -0.25) is 9.59 Å². The predicted molar refractivity (Wildman–Crippen MR) is 77.7 cm³/mol. The van der Waals surface area contributed by atoms with Crippen LogP contribution in [-0.2, 0) is 4.79 Å². The van der Waals surface area contributed by atoms with E-state index >= 15 is 0 Å². The molecular formula is C14H14ClN3O3. The Morgan fingerprint density at radius 2 is 2.05 bits per heavy atom. The van der Waals surface area contributed by atoms with Crippen molar-refractivity contribution in [3.63, 3.8) is 0 Å². The number of benzene rings is 1. The van der Waals surface area contributed by atoms with Crippen LogP contribution in [0.2, 0.25) is 5.02 Å². The normalized spacial score (nSPS) is 11.2. The number of halogens is 1. The molecule has 21 heavy (non-hydrogen) atoms. The molecule has 1 aromatic carbocycles. The predicted octanol–water partition coefficient (Wildman–Crippen LogP) is 1.99. The lowest BCUT2D eigenvalue weighted by Crippen LogP contribution is -2.53. The largest absolute Gasteiger partial charge is 0.368 e. The lowest BCUT2D eigenvalue weighted by molar-refractivity contribution is -0.122. The van der Waals surface area contributed by atoms with Crippen molar-refractivity contribution in [1.82, 2.24) is 10.5 Å². The zero-order chi connectivity index (χ0) is 15.6. The van der Waals surface area contributed by atoms with Gasteiger partial charge < -0.3 is 15.6 Å². The molecule has 0 aliphatic rings. The number of hydrogen-bond acceptors (Lipinski definition) is 4. The van der Waals surface area contributed by atoms with E-state index < -0.39 is 17.4 Å². The number of rotatable bonds is 4. The summed E-state index contributed by atoms with van der Waals surface area (Å²) < 4.78 is 5.12. The van der Waals surface area contributed by atoms with Gasteiger partial charge in [0.15, 0.2) is 11.5 Å². The van der Waals surface area contributed by atoms with E-state index in [0.717, 1.165) is 0 Å². The van der Waals surface area contributed by atoms with Gasteiger partial charge in [0.25, 0.3) is 5.91 Å². The summed E-state index contributed by atoms with van der Waals surface area (Å²) in [5.41, 5.74) is 4.78. The topological polar surface area (TPSA) is 98.2 Å². The van der Waals surface area contributed by atoms with Crippen LogP contribution in [0.15, 0.2) is 34.9 Å². The Morgan fingerprint density at radius 3 is 2.67 bits per heavy atom. The number of amides is 2. The molecular weight excluding hydrogens is 294 g/mol. The van der Waals surface area contributed by atoms with E-state index in [1.807, 2.05) is 0 Å².